The van der Waals surface area contributed by atoms with Crippen LogP contribution in [-0.2, 0) is 4.79 Å². The Balaban J connectivity index is 2.16. The summed E-state index contributed by atoms with van der Waals surface area (Å²) in [6.45, 7) is 4.93. The predicted molar refractivity (Wildman–Crippen MR) is 45.2 cm³/mol. The Morgan fingerprint density at radius 3 is 2.73 bits per heavy atom. The van der Waals surface area contributed by atoms with Crippen LogP contribution in [0.1, 0.15) is 33.1 Å². The second-order valence-electron chi connectivity index (χ2n) is 3.42. The Labute approximate surface area is 68.4 Å². The van der Waals surface area contributed by atoms with E-state index >= 15 is 0 Å². The van der Waals surface area contributed by atoms with Crippen molar-refractivity contribution < 1.29 is 4.79 Å². The quantitative estimate of drug-likeness (QED) is 0.656. The number of rotatable bonds is 4. The van der Waals surface area contributed by atoms with Crippen LogP contribution in [-0.4, -0.2) is 12.5 Å². The second kappa shape index (κ2) is 3.74. The molecule has 64 valence electrons. The van der Waals surface area contributed by atoms with Crippen molar-refractivity contribution in [3.8, 4) is 0 Å². The summed E-state index contributed by atoms with van der Waals surface area (Å²) in [5, 5.41) is 2.91. The maximum Gasteiger partial charge on any atom is 0.223 e. The third kappa shape index (κ3) is 2.52. The first-order chi connectivity index (χ1) is 5.25. The van der Waals surface area contributed by atoms with Gasteiger partial charge in [-0.25, -0.2) is 0 Å². The van der Waals surface area contributed by atoms with Crippen LogP contribution in [0.2, 0.25) is 0 Å². The molecule has 0 aliphatic heterocycles. The zero-order valence-electron chi connectivity index (χ0n) is 7.39. The Bertz CT molecular complexity index is 140. The first-order valence-corrected chi connectivity index (χ1v) is 4.53. The Kier molecular flexibility index (Phi) is 2.92. The Morgan fingerprint density at radius 2 is 2.27 bits per heavy atom. The lowest BCUT2D eigenvalue weighted by Crippen LogP contribution is -2.30. The minimum atomic E-state index is 0.245. The molecule has 0 aromatic rings. The van der Waals surface area contributed by atoms with E-state index in [1.165, 1.54) is 12.8 Å². The lowest BCUT2D eigenvalue weighted by atomic mass is 10.1. The van der Waals surface area contributed by atoms with Gasteiger partial charge in [-0.1, -0.05) is 13.8 Å². The summed E-state index contributed by atoms with van der Waals surface area (Å²) >= 11 is 0. The van der Waals surface area contributed by atoms with E-state index in [0.717, 1.165) is 13.0 Å². The van der Waals surface area contributed by atoms with Gasteiger partial charge in [-0.3, -0.25) is 4.79 Å². The van der Waals surface area contributed by atoms with Crippen LogP contribution in [0.4, 0.5) is 0 Å². The zero-order valence-corrected chi connectivity index (χ0v) is 7.39. The normalized spacial score (nSPS) is 19.5. The molecular weight excluding hydrogens is 138 g/mol. The van der Waals surface area contributed by atoms with Gasteiger partial charge in [0.15, 0.2) is 0 Å². The molecule has 0 bridgehead atoms. The van der Waals surface area contributed by atoms with Gasteiger partial charge < -0.3 is 5.32 Å². The van der Waals surface area contributed by atoms with Crippen LogP contribution in [0, 0.1) is 11.8 Å². The molecule has 1 amide bonds. The molecule has 0 radical (unpaired) electrons. The first-order valence-electron chi connectivity index (χ1n) is 4.53. The van der Waals surface area contributed by atoms with Gasteiger partial charge in [-0.15, -0.1) is 0 Å². The number of hydrogen-bond acceptors (Lipinski definition) is 1. The Morgan fingerprint density at radius 1 is 1.64 bits per heavy atom. The smallest absolute Gasteiger partial charge is 0.223 e. The van der Waals surface area contributed by atoms with Crippen molar-refractivity contribution in [1.82, 2.24) is 5.32 Å². The Hall–Kier alpha value is -0.530. The minimum absolute atomic E-state index is 0.245. The average Bonchev–Trinajstić information content (AvgIpc) is 2.81. The van der Waals surface area contributed by atoms with E-state index in [1.54, 1.807) is 0 Å². The maximum absolute atomic E-state index is 11.3. The highest BCUT2D eigenvalue weighted by Gasteiger charge is 2.32. The van der Waals surface area contributed by atoms with Crippen molar-refractivity contribution in [3.05, 3.63) is 0 Å². The standard InChI is InChI=1S/C9H17NO/c1-3-6-10-9(11)7(2)8-4-5-8/h7-8H,3-6H2,1-2H3,(H,10,11)/t7-/m1/s1. The monoisotopic (exact) mass is 155 g/mol. The molecule has 1 aliphatic rings. The molecule has 1 aliphatic carbocycles. The third-order valence-corrected chi connectivity index (χ3v) is 2.29. The van der Waals surface area contributed by atoms with Crippen molar-refractivity contribution in [2.75, 3.05) is 6.54 Å². The number of nitrogens with one attached hydrogen (secondary N) is 1. The highest BCUT2D eigenvalue weighted by Crippen LogP contribution is 2.36. The van der Waals surface area contributed by atoms with E-state index < -0.39 is 0 Å². The van der Waals surface area contributed by atoms with Gasteiger partial charge >= 0.3 is 0 Å². The van der Waals surface area contributed by atoms with Gasteiger partial charge in [-0.2, -0.15) is 0 Å². The van der Waals surface area contributed by atoms with Crippen LogP contribution in [0.25, 0.3) is 0 Å². The molecule has 1 N–H and O–H groups in total. The van der Waals surface area contributed by atoms with Crippen LogP contribution in [0.5, 0.6) is 0 Å². The summed E-state index contributed by atoms with van der Waals surface area (Å²) in [4.78, 5) is 11.3. The van der Waals surface area contributed by atoms with Crippen molar-refractivity contribution in [1.29, 1.82) is 0 Å². The predicted octanol–water partition coefficient (Wildman–Crippen LogP) is 1.56. The van der Waals surface area contributed by atoms with Gasteiger partial charge in [0.25, 0.3) is 0 Å². The lowest BCUT2D eigenvalue weighted by molar-refractivity contribution is -0.125. The molecule has 0 aromatic heterocycles. The lowest BCUT2D eigenvalue weighted by Gasteiger charge is -2.09. The van der Waals surface area contributed by atoms with Gasteiger partial charge in [0, 0.05) is 12.5 Å². The minimum Gasteiger partial charge on any atom is -0.356 e. The van der Waals surface area contributed by atoms with Gasteiger partial charge in [0.05, 0.1) is 0 Å². The number of carbonyl (C=O) groups is 1. The van der Waals surface area contributed by atoms with Crippen molar-refractivity contribution in [3.63, 3.8) is 0 Å². The molecule has 2 heteroatoms. The number of hydrogen-bond donors (Lipinski definition) is 1. The van der Waals surface area contributed by atoms with E-state index in [0.29, 0.717) is 5.92 Å². The molecule has 0 aromatic carbocycles. The van der Waals surface area contributed by atoms with E-state index in [-0.39, 0.29) is 11.8 Å². The number of carbonyl (C=O) groups excluding carboxylic acids is 1. The van der Waals surface area contributed by atoms with Crippen LogP contribution >= 0.6 is 0 Å². The summed E-state index contributed by atoms with van der Waals surface area (Å²) in [5.41, 5.74) is 0. The summed E-state index contributed by atoms with van der Waals surface area (Å²) in [7, 11) is 0. The fraction of sp³-hybridized carbons (Fsp3) is 0.889. The molecule has 0 spiro atoms. The summed E-state index contributed by atoms with van der Waals surface area (Å²) in [6.07, 6.45) is 3.53. The van der Waals surface area contributed by atoms with Crippen molar-refractivity contribution in [2.24, 2.45) is 11.8 Å². The third-order valence-electron chi connectivity index (χ3n) is 2.29. The molecule has 0 unspecified atom stereocenters. The fourth-order valence-electron chi connectivity index (χ4n) is 1.22. The molecule has 2 nitrogen and oxygen atoms in total. The van der Waals surface area contributed by atoms with E-state index in [1.807, 2.05) is 6.92 Å². The largest absolute Gasteiger partial charge is 0.356 e. The van der Waals surface area contributed by atoms with E-state index in [9.17, 15) is 4.79 Å². The molecule has 11 heavy (non-hydrogen) atoms. The topological polar surface area (TPSA) is 29.1 Å². The molecule has 1 rings (SSSR count). The van der Waals surface area contributed by atoms with Crippen molar-refractivity contribution >= 4 is 5.91 Å². The molecule has 1 saturated carbocycles. The molecule has 1 atom stereocenters. The molecule has 0 heterocycles. The first kappa shape index (κ1) is 8.57. The summed E-state index contributed by atoms with van der Waals surface area (Å²) in [6, 6.07) is 0. The summed E-state index contributed by atoms with van der Waals surface area (Å²) < 4.78 is 0. The van der Waals surface area contributed by atoms with Gasteiger partial charge in [0.1, 0.15) is 0 Å². The van der Waals surface area contributed by atoms with E-state index in [2.05, 4.69) is 12.2 Å². The van der Waals surface area contributed by atoms with Crippen LogP contribution in [0.3, 0.4) is 0 Å². The maximum atomic E-state index is 11.3. The highest BCUT2D eigenvalue weighted by molar-refractivity contribution is 5.78. The van der Waals surface area contributed by atoms with Gasteiger partial charge in [-0.05, 0) is 25.2 Å². The van der Waals surface area contributed by atoms with Crippen molar-refractivity contribution in [2.45, 2.75) is 33.1 Å². The second-order valence-corrected chi connectivity index (χ2v) is 3.42. The van der Waals surface area contributed by atoms with Gasteiger partial charge in [0.2, 0.25) is 5.91 Å². The van der Waals surface area contributed by atoms with Crippen LogP contribution in [0.15, 0.2) is 0 Å². The molecule has 1 fully saturated rings. The molecule has 0 saturated heterocycles. The number of amides is 1. The zero-order chi connectivity index (χ0) is 8.27. The molecular formula is C9H17NO. The fourth-order valence-corrected chi connectivity index (χ4v) is 1.22. The summed E-state index contributed by atoms with van der Waals surface area (Å²) in [5.74, 6) is 1.18. The highest BCUT2D eigenvalue weighted by atomic mass is 16.1. The average molecular weight is 155 g/mol. The SMILES string of the molecule is CCCNC(=O)[C@H](C)C1CC1. The van der Waals surface area contributed by atoms with Crippen LogP contribution < -0.4 is 5.32 Å². The van der Waals surface area contributed by atoms with E-state index in [4.69, 9.17) is 0 Å².